The Morgan fingerprint density at radius 3 is 2.61 bits per heavy atom. The predicted molar refractivity (Wildman–Crippen MR) is 69.1 cm³/mol. The Bertz CT molecular complexity index is 602. The smallest absolute Gasteiger partial charge is 0.196 e. The van der Waals surface area contributed by atoms with Crippen molar-refractivity contribution in [2.75, 3.05) is 0 Å². The zero-order valence-corrected chi connectivity index (χ0v) is 11.5. The van der Waals surface area contributed by atoms with Crippen molar-refractivity contribution in [1.82, 2.24) is 0 Å². The first-order valence-corrected chi connectivity index (χ1v) is 6.10. The van der Waals surface area contributed by atoms with Crippen LogP contribution >= 0.6 is 15.9 Å². The van der Waals surface area contributed by atoms with Gasteiger partial charge < -0.3 is 9.94 Å². The Morgan fingerprint density at radius 2 is 1.94 bits per heavy atom. The van der Waals surface area contributed by atoms with Crippen LogP contribution in [0.2, 0.25) is 0 Å². The topological polar surface area (TPSA) is 36.2 Å². The molecule has 18 heavy (non-hydrogen) atoms. The molecule has 0 radical (unpaired) electrons. The van der Waals surface area contributed by atoms with Crippen LogP contribution in [0.5, 0.6) is 11.5 Å². The van der Waals surface area contributed by atoms with Crippen LogP contribution in [0.1, 0.15) is 11.3 Å². The number of aromatic nitrogens is 1. The summed E-state index contributed by atoms with van der Waals surface area (Å²) in [6, 6.07) is 6.08. The van der Waals surface area contributed by atoms with Crippen molar-refractivity contribution < 1.29 is 13.9 Å². The van der Waals surface area contributed by atoms with Crippen LogP contribution in [0.4, 0.5) is 4.39 Å². The maximum absolute atomic E-state index is 13.6. The van der Waals surface area contributed by atoms with Gasteiger partial charge in [0.25, 0.3) is 0 Å². The predicted octanol–water partition coefficient (Wildman–Crippen LogP) is 3.63. The summed E-state index contributed by atoms with van der Waals surface area (Å²) in [4.78, 5) is 0. The molecule has 1 aromatic heterocycles. The standard InChI is InChI=1S/C13H11BrFNO2/c1-8-9(2)16(17)6-5-12(8)18-13-4-3-10(14)7-11(13)15/h3-7H,1-2H3. The third-order valence-electron chi connectivity index (χ3n) is 2.72. The molecule has 94 valence electrons. The van der Waals surface area contributed by atoms with E-state index >= 15 is 0 Å². The Morgan fingerprint density at radius 1 is 1.22 bits per heavy atom. The SMILES string of the molecule is Cc1c(Oc2ccc(Br)cc2F)cc[n+]([O-])c1C. The van der Waals surface area contributed by atoms with Crippen molar-refractivity contribution in [2.45, 2.75) is 13.8 Å². The second-order valence-electron chi connectivity index (χ2n) is 3.89. The van der Waals surface area contributed by atoms with E-state index in [2.05, 4.69) is 15.9 Å². The van der Waals surface area contributed by atoms with Gasteiger partial charge in [0.1, 0.15) is 5.75 Å². The summed E-state index contributed by atoms with van der Waals surface area (Å²) < 4.78 is 20.5. The quantitative estimate of drug-likeness (QED) is 0.627. The Balaban J connectivity index is 2.37. The van der Waals surface area contributed by atoms with Crippen molar-refractivity contribution in [3.8, 4) is 11.5 Å². The highest BCUT2D eigenvalue weighted by Crippen LogP contribution is 2.28. The molecule has 1 heterocycles. The highest BCUT2D eigenvalue weighted by Gasteiger charge is 2.12. The molecule has 5 heteroatoms. The summed E-state index contributed by atoms with van der Waals surface area (Å²) in [6.07, 6.45) is 1.34. The van der Waals surface area contributed by atoms with Crippen LogP contribution in [0.25, 0.3) is 0 Å². The van der Waals surface area contributed by atoms with Crippen LogP contribution in [0, 0.1) is 24.9 Å². The summed E-state index contributed by atoms with van der Waals surface area (Å²) in [6.45, 7) is 3.45. The number of nitrogens with zero attached hydrogens (tertiary/aromatic N) is 1. The molecule has 0 aliphatic heterocycles. The number of halogens is 2. The molecular weight excluding hydrogens is 301 g/mol. The Labute approximate surface area is 113 Å². The lowest BCUT2D eigenvalue weighted by atomic mass is 10.2. The molecule has 3 nitrogen and oxygen atoms in total. The van der Waals surface area contributed by atoms with Gasteiger partial charge in [-0.05, 0) is 25.1 Å². The maximum atomic E-state index is 13.6. The van der Waals surface area contributed by atoms with Gasteiger partial charge in [0.2, 0.25) is 0 Å². The lowest BCUT2D eigenvalue weighted by Gasteiger charge is -2.11. The number of ether oxygens (including phenoxy) is 1. The van der Waals surface area contributed by atoms with Gasteiger partial charge in [-0.25, -0.2) is 4.39 Å². The molecule has 0 N–H and O–H groups in total. The van der Waals surface area contributed by atoms with Crippen LogP contribution in [-0.2, 0) is 0 Å². The third kappa shape index (κ3) is 2.46. The molecule has 0 bridgehead atoms. The molecule has 0 saturated heterocycles. The van der Waals surface area contributed by atoms with Crippen LogP contribution in [0.15, 0.2) is 34.9 Å². The molecule has 0 amide bonds. The largest absolute Gasteiger partial charge is 0.618 e. The highest BCUT2D eigenvalue weighted by atomic mass is 79.9. The summed E-state index contributed by atoms with van der Waals surface area (Å²) in [5.74, 6) is 0.144. The van der Waals surface area contributed by atoms with Gasteiger partial charge in [-0.3, -0.25) is 0 Å². The minimum absolute atomic E-state index is 0.129. The summed E-state index contributed by atoms with van der Waals surface area (Å²) >= 11 is 3.18. The van der Waals surface area contributed by atoms with E-state index < -0.39 is 5.82 Å². The molecule has 0 aliphatic carbocycles. The second-order valence-corrected chi connectivity index (χ2v) is 4.81. The van der Waals surface area contributed by atoms with E-state index in [9.17, 15) is 9.60 Å². The molecule has 0 fully saturated rings. The lowest BCUT2D eigenvalue weighted by Crippen LogP contribution is -2.30. The minimum Gasteiger partial charge on any atom is -0.618 e. The molecule has 0 atom stereocenters. The van der Waals surface area contributed by atoms with Gasteiger partial charge in [-0.2, -0.15) is 4.73 Å². The van der Waals surface area contributed by atoms with E-state index in [0.717, 1.165) is 4.73 Å². The Kier molecular flexibility index (Phi) is 3.52. The van der Waals surface area contributed by atoms with Gasteiger partial charge in [0, 0.05) is 17.5 Å². The van der Waals surface area contributed by atoms with Gasteiger partial charge >= 0.3 is 0 Å². The van der Waals surface area contributed by atoms with Gasteiger partial charge in [-0.15, -0.1) is 0 Å². The molecule has 0 saturated carbocycles. The maximum Gasteiger partial charge on any atom is 0.196 e. The summed E-state index contributed by atoms with van der Waals surface area (Å²) in [5, 5.41) is 11.3. The first kappa shape index (κ1) is 12.8. The Hall–Kier alpha value is -1.62. The van der Waals surface area contributed by atoms with Gasteiger partial charge in [0.05, 0.1) is 5.56 Å². The fourth-order valence-electron chi connectivity index (χ4n) is 1.50. The van der Waals surface area contributed by atoms with Crippen LogP contribution < -0.4 is 9.47 Å². The molecule has 2 aromatic rings. The molecule has 1 aromatic carbocycles. The van der Waals surface area contributed by atoms with Crippen LogP contribution in [0.3, 0.4) is 0 Å². The number of hydrogen-bond acceptors (Lipinski definition) is 2. The average Bonchev–Trinajstić information content (AvgIpc) is 2.33. The molecule has 0 unspecified atom stereocenters. The van der Waals surface area contributed by atoms with Crippen molar-refractivity contribution in [1.29, 1.82) is 0 Å². The van der Waals surface area contributed by atoms with Crippen molar-refractivity contribution >= 4 is 15.9 Å². The fourth-order valence-corrected chi connectivity index (χ4v) is 1.84. The van der Waals surface area contributed by atoms with E-state index in [1.54, 1.807) is 19.9 Å². The molecule has 0 spiro atoms. The fraction of sp³-hybridized carbons (Fsp3) is 0.154. The average molecular weight is 312 g/mol. The normalized spacial score (nSPS) is 10.4. The highest BCUT2D eigenvalue weighted by molar-refractivity contribution is 9.10. The van der Waals surface area contributed by atoms with Gasteiger partial charge in [0.15, 0.2) is 23.5 Å². The second kappa shape index (κ2) is 4.94. The van der Waals surface area contributed by atoms with E-state index in [1.807, 2.05) is 0 Å². The van der Waals surface area contributed by atoms with E-state index in [-0.39, 0.29) is 5.75 Å². The number of benzene rings is 1. The monoisotopic (exact) mass is 311 g/mol. The van der Waals surface area contributed by atoms with E-state index in [1.165, 1.54) is 24.4 Å². The number of hydrogen-bond donors (Lipinski definition) is 0. The molecule has 2 rings (SSSR count). The van der Waals surface area contributed by atoms with E-state index in [4.69, 9.17) is 4.74 Å². The summed E-state index contributed by atoms with van der Waals surface area (Å²) in [5.41, 5.74) is 1.22. The van der Waals surface area contributed by atoms with Gasteiger partial charge in [-0.1, -0.05) is 15.9 Å². The van der Waals surface area contributed by atoms with E-state index in [0.29, 0.717) is 21.5 Å². The first-order chi connectivity index (χ1) is 8.49. The number of rotatable bonds is 2. The first-order valence-electron chi connectivity index (χ1n) is 5.31. The summed E-state index contributed by atoms with van der Waals surface area (Å²) in [7, 11) is 0. The molecule has 0 aliphatic rings. The van der Waals surface area contributed by atoms with Crippen molar-refractivity contribution in [3.05, 3.63) is 57.2 Å². The van der Waals surface area contributed by atoms with Crippen molar-refractivity contribution in [2.24, 2.45) is 0 Å². The number of pyridine rings is 1. The zero-order chi connectivity index (χ0) is 13.3. The third-order valence-corrected chi connectivity index (χ3v) is 3.21. The van der Waals surface area contributed by atoms with Crippen molar-refractivity contribution in [3.63, 3.8) is 0 Å². The lowest BCUT2D eigenvalue weighted by molar-refractivity contribution is -0.612. The zero-order valence-electron chi connectivity index (χ0n) is 9.91. The minimum atomic E-state index is -0.458. The van der Waals surface area contributed by atoms with Crippen LogP contribution in [-0.4, -0.2) is 0 Å². The molecular formula is C13H11BrFNO2.